The van der Waals surface area contributed by atoms with Crippen molar-refractivity contribution in [2.75, 3.05) is 46.2 Å². The Labute approximate surface area is 567 Å². The zero-order chi connectivity index (χ0) is 67.3. The molecule has 0 bridgehead atoms. The number of phenolic OH excluding ortho intramolecular Hbond substituents is 2. The third-order valence-electron chi connectivity index (χ3n) is 18.0. The molecule has 1 aliphatic rings. The lowest BCUT2D eigenvalue weighted by Gasteiger charge is -2.20. The Morgan fingerprint density at radius 1 is 0.411 bits per heavy atom. The van der Waals surface area contributed by atoms with E-state index in [0.717, 1.165) is 95.0 Å². The van der Waals surface area contributed by atoms with Gasteiger partial charge in [-0.1, -0.05) is 217 Å². The van der Waals surface area contributed by atoms with E-state index in [2.05, 4.69) is 123 Å². The fourth-order valence-corrected chi connectivity index (χ4v) is 12.5. The van der Waals surface area contributed by atoms with Crippen molar-refractivity contribution in [3.63, 3.8) is 0 Å². The van der Waals surface area contributed by atoms with Crippen LogP contribution in [0.2, 0.25) is 0 Å². The number of ether oxygens (including phenoxy) is 5. The number of rotatable bonds is 42. The highest BCUT2D eigenvalue weighted by Gasteiger charge is 2.24. The average Bonchev–Trinajstić information content (AvgIpc) is 0.811. The number of phenols is 2. The van der Waals surface area contributed by atoms with E-state index in [1.54, 1.807) is 24.3 Å². The molecule has 0 aliphatic heterocycles. The second-order valence-corrected chi connectivity index (χ2v) is 26.6. The number of nitrogens with zero attached hydrogens (tertiary/aromatic N) is 6. The van der Waals surface area contributed by atoms with Gasteiger partial charge in [-0.25, -0.2) is 29.9 Å². The van der Waals surface area contributed by atoms with Gasteiger partial charge < -0.3 is 39.0 Å². The zero-order valence-corrected chi connectivity index (χ0v) is 58.6. The Morgan fingerprint density at radius 2 is 0.789 bits per heavy atom. The number of aromatic hydroxyl groups is 2. The van der Waals surface area contributed by atoms with E-state index in [4.69, 9.17) is 53.6 Å². The van der Waals surface area contributed by atoms with E-state index in [9.17, 15) is 15.3 Å². The summed E-state index contributed by atoms with van der Waals surface area (Å²) in [7, 11) is 0. The van der Waals surface area contributed by atoms with Crippen molar-refractivity contribution in [1.29, 1.82) is 0 Å². The topological polar surface area (TPSA) is 184 Å². The summed E-state index contributed by atoms with van der Waals surface area (Å²) in [5.74, 6) is 4.09. The predicted molar refractivity (Wildman–Crippen MR) is 384 cm³/mol. The molecule has 0 amide bonds. The molecule has 5 aromatic carbocycles. The van der Waals surface area contributed by atoms with Gasteiger partial charge in [0, 0.05) is 54.6 Å². The van der Waals surface area contributed by atoms with Gasteiger partial charge in [0.25, 0.3) is 0 Å². The van der Waals surface area contributed by atoms with Crippen LogP contribution >= 0.6 is 0 Å². The molecule has 3 N–H and O–H groups in total. The predicted octanol–water partition coefficient (Wildman–Crippen LogP) is 19.5. The maximum Gasteiger partial charge on any atom is 0.167 e. The second kappa shape index (κ2) is 39.0. The Kier molecular flexibility index (Phi) is 30.2. The summed E-state index contributed by atoms with van der Waals surface area (Å²) in [5, 5.41) is 33.6. The van der Waals surface area contributed by atoms with Crippen molar-refractivity contribution in [2.45, 2.75) is 222 Å². The number of aliphatic hydroxyl groups is 1. The minimum Gasteiger partial charge on any atom is -0.507 e. The van der Waals surface area contributed by atoms with Gasteiger partial charge in [0.15, 0.2) is 29.1 Å². The highest BCUT2D eigenvalue weighted by atomic mass is 16.6. The summed E-state index contributed by atoms with van der Waals surface area (Å²) < 4.78 is 30.8. The Hall–Kier alpha value is -7.36. The number of allylic oxidation sites excluding steroid dienone is 4. The van der Waals surface area contributed by atoms with E-state index >= 15 is 0 Å². The monoisotopic (exact) mass is 1290 g/mol. The Balaban J connectivity index is 0.722. The first-order valence-corrected chi connectivity index (χ1v) is 35.6. The van der Waals surface area contributed by atoms with Gasteiger partial charge >= 0.3 is 0 Å². The van der Waals surface area contributed by atoms with Gasteiger partial charge in [0.2, 0.25) is 0 Å². The van der Waals surface area contributed by atoms with Crippen molar-refractivity contribution in [3.8, 4) is 79.9 Å². The Bertz CT molecular complexity index is 3510. The van der Waals surface area contributed by atoms with Crippen LogP contribution in [0.15, 0.2) is 114 Å². The molecule has 2 aromatic heterocycles. The fourth-order valence-electron chi connectivity index (χ4n) is 12.5. The summed E-state index contributed by atoms with van der Waals surface area (Å²) in [5.41, 5.74) is 12.8. The average molecular weight is 1290 g/mol. The molecule has 14 heteroatoms. The molecule has 1 aliphatic carbocycles. The molecule has 7 aromatic rings. The van der Waals surface area contributed by atoms with Crippen LogP contribution in [-0.4, -0.2) is 104 Å². The van der Waals surface area contributed by atoms with Crippen molar-refractivity contribution in [1.82, 2.24) is 29.9 Å². The molecule has 14 nitrogen and oxygen atoms in total. The van der Waals surface area contributed by atoms with E-state index in [-0.39, 0.29) is 36.7 Å². The van der Waals surface area contributed by atoms with Crippen LogP contribution < -0.4 is 9.47 Å². The van der Waals surface area contributed by atoms with Crippen LogP contribution in [0.1, 0.15) is 207 Å². The highest BCUT2D eigenvalue weighted by molar-refractivity contribution is 5.73. The minimum atomic E-state index is -0.812. The lowest BCUT2D eigenvalue weighted by molar-refractivity contribution is -0.0389. The van der Waals surface area contributed by atoms with Gasteiger partial charge in [-0.2, -0.15) is 0 Å². The largest absolute Gasteiger partial charge is 0.507 e. The SMILES string of the molecule is CCCCCCCCCCCCCOCC(COc1ccc(-c2nc(-c3ccc(C)cc3C)nc(-c3ccc(C)cc3C)n2)c(O)c1)OCCCCCCCCCCCCOCC(O)COc1ccc(-c2nc(-c3ccc(C)cc3C)nc(C3CC=C(C)C=C3C)n2)c(O)c1. The molecule has 510 valence electrons. The Morgan fingerprint density at radius 3 is 1.22 bits per heavy atom. The van der Waals surface area contributed by atoms with E-state index in [1.165, 1.54) is 107 Å². The first-order valence-electron chi connectivity index (χ1n) is 35.6. The summed E-state index contributed by atoms with van der Waals surface area (Å²) in [6.07, 6.45) is 29.6. The van der Waals surface area contributed by atoms with E-state index in [1.807, 2.05) is 18.2 Å². The normalized spacial score (nSPS) is 13.8. The van der Waals surface area contributed by atoms with Crippen LogP contribution in [0.3, 0.4) is 0 Å². The second-order valence-electron chi connectivity index (χ2n) is 26.6. The quantitative estimate of drug-likeness (QED) is 0.0307. The van der Waals surface area contributed by atoms with Crippen LogP contribution in [0, 0.1) is 41.5 Å². The molecule has 95 heavy (non-hydrogen) atoms. The maximum absolute atomic E-state index is 11.6. The van der Waals surface area contributed by atoms with Crippen molar-refractivity contribution in [2.24, 2.45) is 0 Å². The lowest BCUT2D eigenvalue weighted by Crippen LogP contribution is -2.28. The van der Waals surface area contributed by atoms with Crippen molar-refractivity contribution < 1.29 is 39.0 Å². The summed E-state index contributed by atoms with van der Waals surface area (Å²) in [6.45, 7) is 21.8. The van der Waals surface area contributed by atoms with E-state index in [0.29, 0.717) is 90.6 Å². The summed E-state index contributed by atoms with van der Waals surface area (Å²) in [6, 6.07) is 29.1. The number of aromatic nitrogens is 6. The van der Waals surface area contributed by atoms with Crippen LogP contribution in [0.25, 0.3) is 56.9 Å². The molecule has 0 saturated carbocycles. The fraction of sp³-hybridized carbons (Fsp3) is 0.506. The highest BCUT2D eigenvalue weighted by Crippen LogP contribution is 2.38. The number of hydrogen-bond donors (Lipinski definition) is 3. The maximum atomic E-state index is 11.6. The van der Waals surface area contributed by atoms with Crippen LogP contribution in [0.4, 0.5) is 0 Å². The first kappa shape index (κ1) is 73.4. The first-order chi connectivity index (χ1) is 46.1. The third kappa shape index (κ3) is 23.8. The number of hydrogen-bond acceptors (Lipinski definition) is 14. The van der Waals surface area contributed by atoms with Gasteiger partial charge in [-0.3, -0.25) is 0 Å². The van der Waals surface area contributed by atoms with Gasteiger partial charge in [0.05, 0.1) is 24.3 Å². The minimum absolute atomic E-state index is 0.00326. The molecule has 2 heterocycles. The van der Waals surface area contributed by atoms with Gasteiger partial charge in [-0.15, -0.1) is 0 Å². The number of aryl methyl sites for hydroxylation is 6. The van der Waals surface area contributed by atoms with Crippen LogP contribution in [0.5, 0.6) is 23.0 Å². The molecular weight excluding hydrogens is 1180 g/mol. The molecule has 8 rings (SSSR count). The van der Waals surface area contributed by atoms with Crippen molar-refractivity contribution >= 4 is 0 Å². The van der Waals surface area contributed by atoms with Crippen molar-refractivity contribution in [3.05, 3.63) is 153 Å². The van der Waals surface area contributed by atoms with E-state index < -0.39 is 6.10 Å². The molecule has 3 atom stereocenters. The molecule has 0 radical (unpaired) electrons. The molecule has 3 unspecified atom stereocenters. The number of benzene rings is 5. The third-order valence-corrected chi connectivity index (χ3v) is 18.0. The smallest absolute Gasteiger partial charge is 0.167 e. The number of unbranched alkanes of at least 4 members (excludes halogenated alkanes) is 19. The standard InChI is InChI=1S/C81H108N6O8/c1-10-11-12-13-14-15-16-19-23-26-29-44-92-54-67(55-95-66-36-42-73(75(90)51-66)81-86-78(70-39-33-58(4)48-62(70)8)83-79(87-81)71-40-34-59(5)49-63(71)9)93-45-30-27-24-21-18-17-20-22-25-28-43-91-52-64(88)53-94-65-35-41-72(74(89)50-65)80-84-76(68-37-31-56(2)46-60(68)6)82-77(85-80)69-38-32-57(3)47-61(69)7/h31-37,39-42,46-51,64,67,69,88-90H,10-30,38,43-45,52-55H2,1-9H3. The van der Waals surface area contributed by atoms with Gasteiger partial charge in [0.1, 0.15) is 54.2 Å². The van der Waals surface area contributed by atoms with Gasteiger partial charge in [-0.05, 0) is 122 Å². The summed E-state index contributed by atoms with van der Waals surface area (Å²) in [4.78, 5) is 29.6. The molecular formula is C81H108N6O8. The molecule has 0 saturated heterocycles. The lowest BCUT2D eigenvalue weighted by atomic mass is 9.89. The summed E-state index contributed by atoms with van der Waals surface area (Å²) >= 11 is 0. The van der Waals surface area contributed by atoms with Crippen LogP contribution in [-0.2, 0) is 14.2 Å². The number of aliphatic hydroxyl groups excluding tert-OH is 1. The molecule has 0 fully saturated rings. The molecule has 0 spiro atoms. The zero-order valence-electron chi connectivity index (χ0n) is 58.6.